The predicted octanol–water partition coefficient (Wildman–Crippen LogP) is 3.02. The predicted molar refractivity (Wildman–Crippen MR) is 131 cm³/mol. The first-order valence-corrected chi connectivity index (χ1v) is 12.5. The first kappa shape index (κ1) is 21.9. The van der Waals surface area contributed by atoms with Gasteiger partial charge in [-0.3, -0.25) is 24.3 Å². The Balaban J connectivity index is 1.36. The molecule has 1 saturated heterocycles. The molecule has 0 radical (unpaired) electrons. The number of hydrogen-bond donors (Lipinski definition) is 2. The molecule has 2 atom stereocenters. The number of fused-ring (bicyclic) bond motifs is 1. The third kappa shape index (κ3) is 4.21. The lowest BCUT2D eigenvalue weighted by Gasteiger charge is -2.49. The number of hydrogen-bond acceptors (Lipinski definition) is 7. The van der Waals surface area contributed by atoms with Crippen molar-refractivity contribution in [3.8, 4) is 11.3 Å². The van der Waals surface area contributed by atoms with Gasteiger partial charge in [0, 0.05) is 34.7 Å². The van der Waals surface area contributed by atoms with Crippen molar-refractivity contribution in [1.82, 2.24) is 20.2 Å². The molecule has 0 aliphatic carbocycles. The second-order valence-corrected chi connectivity index (χ2v) is 9.90. The lowest BCUT2D eigenvalue weighted by Crippen LogP contribution is -2.70. The van der Waals surface area contributed by atoms with Gasteiger partial charge < -0.3 is 5.32 Å². The fraction of sp³-hybridized carbons (Fsp3) is 0.174. The highest BCUT2D eigenvalue weighted by molar-refractivity contribution is 8.00. The number of rotatable bonds is 6. The summed E-state index contributed by atoms with van der Waals surface area (Å²) in [6, 6.07) is 12.4. The Morgan fingerprint density at radius 3 is 2.73 bits per heavy atom. The quantitative estimate of drug-likeness (QED) is 0.404. The van der Waals surface area contributed by atoms with E-state index in [1.165, 1.54) is 28.0 Å². The van der Waals surface area contributed by atoms with Crippen LogP contribution in [0.5, 0.6) is 0 Å². The fourth-order valence-electron chi connectivity index (χ4n) is 3.85. The van der Waals surface area contributed by atoms with Crippen molar-refractivity contribution in [2.24, 2.45) is 0 Å². The Labute approximate surface area is 203 Å². The zero-order chi connectivity index (χ0) is 22.9. The van der Waals surface area contributed by atoms with Crippen LogP contribution < -0.4 is 5.32 Å². The summed E-state index contributed by atoms with van der Waals surface area (Å²) < 4.78 is 0. The Bertz CT molecular complexity index is 1260. The highest BCUT2D eigenvalue weighted by Crippen LogP contribution is 2.44. The summed E-state index contributed by atoms with van der Waals surface area (Å²) in [6.07, 6.45) is 3.61. The van der Waals surface area contributed by atoms with Gasteiger partial charge in [0.15, 0.2) is 0 Å². The van der Waals surface area contributed by atoms with Gasteiger partial charge >= 0.3 is 0 Å². The zero-order valence-corrected chi connectivity index (χ0v) is 19.7. The molecule has 10 heteroatoms. The van der Waals surface area contributed by atoms with Gasteiger partial charge in [-0.1, -0.05) is 43.0 Å². The van der Waals surface area contributed by atoms with Gasteiger partial charge in [-0.15, -0.1) is 23.1 Å². The van der Waals surface area contributed by atoms with Crippen LogP contribution in [0.25, 0.3) is 16.8 Å². The number of nitrogens with one attached hydrogen (secondary N) is 1. The molecule has 0 unspecified atom stereocenters. The minimum absolute atomic E-state index is 0.192. The summed E-state index contributed by atoms with van der Waals surface area (Å²) in [5.74, 6) is -0.0527. The molecule has 166 valence electrons. The lowest BCUT2D eigenvalue weighted by atomic mass is 10.0. The second-order valence-electron chi connectivity index (χ2n) is 7.53. The van der Waals surface area contributed by atoms with Gasteiger partial charge in [-0.2, -0.15) is 0 Å². The highest BCUT2D eigenvalue weighted by Gasteiger charge is 2.54. The number of carbonyl (C=O) groups excluding carboxylic acids is 3. The molecule has 2 amide bonds. The van der Waals surface area contributed by atoms with E-state index in [-0.39, 0.29) is 29.3 Å². The molecule has 0 saturated carbocycles. The summed E-state index contributed by atoms with van der Waals surface area (Å²) in [7, 11) is 0. The monoisotopic (exact) mass is 494 g/mol. The van der Waals surface area contributed by atoms with Crippen molar-refractivity contribution < 1.29 is 14.4 Å². The molecule has 2 aliphatic rings. The van der Waals surface area contributed by atoms with Crippen molar-refractivity contribution in [3.63, 3.8) is 0 Å². The Morgan fingerprint density at radius 2 is 2.00 bits per heavy atom. The molecule has 3 aromatic rings. The number of carbonyl (C=O) groups is 3. The maximum absolute atomic E-state index is 13.0. The Hall–Kier alpha value is -2.95. The normalized spacial score (nSPS) is 19.7. The molecule has 5 rings (SSSR count). The summed E-state index contributed by atoms with van der Waals surface area (Å²) in [6.45, 7) is 0. The number of nitrogens with zero attached hydrogens (tertiary/aromatic N) is 3. The SMILES string of the molecule is O=C(Cc1ccccc1)N[C@@H]1C(=O)N2C(C(=O)S)=C(c3nc(-c4cccnc4)cs3)CS[C@H]12. The maximum Gasteiger partial charge on any atom is 0.253 e. The first-order valence-electron chi connectivity index (χ1n) is 10.1. The number of β-lactam (4-membered cyclic amide) rings is 1. The fourth-order valence-corrected chi connectivity index (χ4v) is 6.40. The molecule has 1 fully saturated rings. The van der Waals surface area contributed by atoms with Gasteiger partial charge in [0.05, 0.1) is 12.1 Å². The van der Waals surface area contributed by atoms with E-state index in [2.05, 4.69) is 27.9 Å². The van der Waals surface area contributed by atoms with Gasteiger partial charge in [0.25, 0.3) is 5.91 Å². The van der Waals surface area contributed by atoms with Crippen LogP contribution in [0.15, 0.2) is 65.9 Å². The van der Waals surface area contributed by atoms with Gasteiger partial charge in [0.1, 0.15) is 22.1 Å². The van der Waals surface area contributed by atoms with E-state index in [1.54, 1.807) is 12.4 Å². The molecule has 7 nitrogen and oxygen atoms in total. The van der Waals surface area contributed by atoms with Crippen LogP contribution in [-0.4, -0.2) is 49.0 Å². The molecule has 0 bridgehead atoms. The van der Waals surface area contributed by atoms with Crippen molar-refractivity contribution in [2.45, 2.75) is 17.8 Å². The maximum atomic E-state index is 13.0. The second kappa shape index (κ2) is 9.12. The van der Waals surface area contributed by atoms with E-state index in [0.29, 0.717) is 16.3 Å². The third-order valence-corrected chi connectivity index (χ3v) is 7.81. The standard InChI is InChI=1S/C23H18N4O3S3/c28-17(9-13-5-2-1-3-6-13)26-18-21(29)27-19(23(30)31)15(11-33-22(18)27)20-25-16(12-32-20)14-7-4-8-24-10-14/h1-8,10,12,18,22H,9,11H2,(H,26,28)(H,30,31)/t18-,22-/m1/s1. The molecular weight excluding hydrogens is 476 g/mol. The number of benzene rings is 1. The largest absolute Gasteiger partial charge is 0.341 e. The third-order valence-electron chi connectivity index (χ3n) is 5.41. The molecule has 1 aromatic carbocycles. The molecule has 4 heterocycles. The molecule has 2 aromatic heterocycles. The van der Waals surface area contributed by atoms with Crippen LogP contribution in [0.4, 0.5) is 0 Å². The van der Waals surface area contributed by atoms with Crippen molar-refractivity contribution in [3.05, 3.63) is 76.5 Å². The van der Waals surface area contributed by atoms with Gasteiger partial charge in [-0.05, 0) is 17.7 Å². The summed E-state index contributed by atoms with van der Waals surface area (Å²) >= 11 is 6.96. The van der Waals surface area contributed by atoms with E-state index in [0.717, 1.165) is 16.8 Å². The molecule has 33 heavy (non-hydrogen) atoms. The number of pyridine rings is 1. The minimum atomic E-state index is -0.669. The topological polar surface area (TPSA) is 92.3 Å². The molecule has 0 spiro atoms. The lowest BCUT2D eigenvalue weighted by molar-refractivity contribution is -0.146. The number of aromatic nitrogens is 2. The van der Waals surface area contributed by atoms with E-state index < -0.39 is 11.2 Å². The van der Waals surface area contributed by atoms with E-state index in [4.69, 9.17) is 0 Å². The minimum Gasteiger partial charge on any atom is -0.341 e. The molecule has 1 N–H and O–H groups in total. The van der Waals surface area contributed by atoms with Crippen LogP contribution in [-0.2, 0) is 20.8 Å². The smallest absolute Gasteiger partial charge is 0.253 e. The summed E-state index contributed by atoms with van der Waals surface area (Å²) in [4.78, 5) is 48.1. The average Bonchev–Trinajstić information content (AvgIpc) is 3.33. The van der Waals surface area contributed by atoms with Gasteiger partial charge in [0.2, 0.25) is 11.0 Å². The average molecular weight is 495 g/mol. The van der Waals surface area contributed by atoms with Crippen molar-refractivity contribution >= 4 is 58.2 Å². The van der Waals surface area contributed by atoms with Gasteiger partial charge in [-0.25, -0.2) is 4.98 Å². The summed E-state index contributed by atoms with van der Waals surface area (Å²) in [5, 5.41) is 4.56. The van der Waals surface area contributed by atoms with Crippen molar-refractivity contribution in [1.29, 1.82) is 0 Å². The number of thiol groups is 1. The molecule has 2 aliphatic heterocycles. The van der Waals surface area contributed by atoms with Crippen molar-refractivity contribution in [2.75, 3.05) is 5.75 Å². The Kier molecular flexibility index (Phi) is 6.05. The van der Waals surface area contributed by atoms with Crippen LogP contribution >= 0.6 is 35.7 Å². The number of amides is 2. The zero-order valence-electron chi connectivity index (χ0n) is 17.2. The highest BCUT2D eigenvalue weighted by atomic mass is 32.2. The van der Waals surface area contributed by atoms with E-state index in [1.807, 2.05) is 47.8 Å². The summed E-state index contributed by atoms with van der Waals surface area (Å²) in [5.41, 5.74) is 3.43. The Morgan fingerprint density at radius 1 is 1.18 bits per heavy atom. The van der Waals surface area contributed by atoms with Crippen LogP contribution in [0.1, 0.15) is 10.6 Å². The molecular formula is C23H18N4O3S3. The number of thioether (sulfide) groups is 1. The van der Waals surface area contributed by atoms with Crippen LogP contribution in [0.3, 0.4) is 0 Å². The van der Waals surface area contributed by atoms with Crippen LogP contribution in [0, 0.1) is 0 Å². The first-order chi connectivity index (χ1) is 16.0. The van der Waals surface area contributed by atoms with Crippen LogP contribution in [0.2, 0.25) is 0 Å². The number of thiazole rings is 1. The van der Waals surface area contributed by atoms with E-state index >= 15 is 0 Å². The van der Waals surface area contributed by atoms with E-state index in [9.17, 15) is 14.4 Å².